The molecule has 0 amide bonds. The minimum Gasteiger partial charge on any atom is -0.422 e. The molecular weight excluding hydrogens is 296 g/mol. The second-order valence-electron chi connectivity index (χ2n) is 4.79. The third kappa shape index (κ3) is 3.33. The quantitative estimate of drug-likeness (QED) is 0.332. The lowest BCUT2D eigenvalue weighted by molar-refractivity contribution is 0.234. The summed E-state index contributed by atoms with van der Waals surface area (Å²) in [5.41, 5.74) is 4.47. The minimum absolute atomic E-state index is 0.180. The van der Waals surface area contributed by atoms with Crippen molar-refractivity contribution in [2.75, 3.05) is 5.32 Å². The van der Waals surface area contributed by atoms with Crippen LogP contribution in [0.15, 0.2) is 47.3 Å². The highest BCUT2D eigenvalue weighted by Crippen LogP contribution is 2.22. The number of aromatic nitrogens is 3. The fourth-order valence-corrected chi connectivity index (χ4v) is 1.86. The molecule has 0 spiro atoms. The number of rotatable bonds is 4. The summed E-state index contributed by atoms with van der Waals surface area (Å²) < 4.78 is 5.61. The summed E-state index contributed by atoms with van der Waals surface area (Å²) in [6.45, 7) is 1.97. The second-order valence-corrected chi connectivity index (χ2v) is 4.79. The predicted molar refractivity (Wildman–Crippen MR) is 83.7 cm³/mol. The maximum absolute atomic E-state index is 8.66. The lowest BCUT2D eigenvalue weighted by Gasteiger charge is -2.03. The monoisotopic (exact) mass is 310 g/mol. The van der Waals surface area contributed by atoms with Gasteiger partial charge in [-0.2, -0.15) is 0 Å². The first-order valence-electron chi connectivity index (χ1n) is 6.76. The van der Waals surface area contributed by atoms with E-state index in [0.29, 0.717) is 28.9 Å². The summed E-state index contributed by atoms with van der Waals surface area (Å²) in [5, 5.41) is 19.0. The summed E-state index contributed by atoms with van der Waals surface area (Å²) in [4.78, 5) is 12.5. The van der Waals surface area contributed by atoms with E-state index in [1.54, 1.807) is 30.0 Å². The van der Waals surface area contributed by atoms with E-state index in [-0.39, 0.29) is 5.84 Å². The van der Waals surface area contributed by atoms with Gasteiger partial charge in [0, 0.05) is 6.20 Å². The van der Waals surface area contributed by atoms with Crippen molar-refractivity contribution in [3.8, 4) is 11.5 Å². The number of aryl methyl sites for hydroxylation is 1. The van der Waals surface area contributed by atoms with Gasteiger partial charge in [-0.05, 0) is 30.7 Å². The molecule has 0 saturated carbocycles. The molecule has 0 fully saturated rings. The van der Waals surface area contributed by atoms with Crippen LogP contribution in [0.4, 0.5) is 11.7 Å². The molecule has 3 aromatic rings. The molecular formula is C15H14N6O2. The normalized spacial score (nSPS) is 10.3. The first-order chi connectivity index (χ1) is 11.2. The van der Waals surface area contributed by atoms with E-state index >= 15 is 0 Å². The zero-order chi connectivity index (χ0) is 16.2. The fourth-order valence-electron chi connectivity index (χ4n) is 1.86. The lowest BCUT2D eigenvalue weighted by atomic mass is 10.2. The summed E-state index contributed by atoms with van der Waals surface area (Å²) in [6, 6.07) is 7.41. The Labute approximate surface area is 131 Å². The third-order valence-corrected chi connectivity index (χ3v) is 3.05. The topological polar surface area (TPSA) is 120 Å². The fraction of sp³-hybridized carbons (Fsp3) is 0.0667. The smallest absolute Gasteiger partial charge is 0.299 e. The Balaban J connectivity index is 1.74. The number of hydrogen-bond donors (Lipinski definition) is 4. The molecule has 8 nitrogen and oxygen atoms in total. The molecule has 0 radical (unpaired) electrons. The highest BCUT2D eigenvalue weighted by Gasteiger charge is 2.08. The van der Waals surface area contributed by atoms with Crippen LogP contribution in [0, 0.1) is 12.3 Å². The van der Waals surface area contributed by atoms with Gasteiger partial charge >= 0.3 is 0 Å². The van der Waals surface area contributed by atoms with Gasteiger partial charge in [0.15, 0.2) is 11.6 Å². The summed E-state index contributed by atoms with van der Waals surface area (Å²) >= 11 is 0. The van der Waals surface area contributed by atoms with E-state index in [2.05, 4.69) is 20.3 Å². The Morgan fingerprint density at radius 3 is 2.61 bits per heavy atom. The number of hydroxylamine groups is 1. The molecule has 0 aliphatic heterocycles. The van der Waals surface area contributed by atoms with E-state index < -0.39 is 0 Å². The molecule has 0 unspecified atom stereocenters. The van der Waals surface area contributed by atoms with Crippen molar-refractivity contribution in [2.24, 2.45) is 0 Å². The molecule has 0 saturated heterocycles. The van der Waals surface area contributed by atoms with Crippen LogP contribution in [0.25, 0.3) is 11.5 Å². The Bertz CT molecular complexity index is 811. The second kappa shape index (κ2) is 6.24. The lowest BCUT2D eigenvalue weighted by Crippen LogP contribution is -2.19. The molecule has 3 rings (SSSR count). The number of nitrogens with one attached hydrogen (secondary N) is 3. The molecule has 0 bridgehead atoms. The van der Waals surface area contributed by atoms with Gasteiger partial charge in [0.2, 0.25) is 0 Å². The van der Waals surface area contributed by atoms with Crippen LogP contribution in [0.5, 0.6) is 0 Å². The summed E-state index contributed by atoms with van der Waals surface area (Å²) in [7, 11) is 0. The molecule has 3 heterocycles. The molecule has 0 aliphatic carbocycles. The summed E-state index contributed by atoms with van der Waals surface area (Å²) in [6.07, 6.45) is 4.86. The number of anilines is 2. The van der Waals surface area contributed by atoms with Crippen molar-refractivity contribution in [1.29, 1.82) is 5.41 Å². The number of nitrogens with zero attached hydrogens (tertiary/aromatic N) is 3. The molecule has 116 valence electrons. The Kier molecular flexibility index (Phi) is 3.98. The molecule has 3 aromatic heterocycles. The average molecular weight is 310 g/mol. The molecule has 0 atom stereocenters. The van der Waals surface area contributed by atoms with E-state index in [9.17, 15) is 0 Å². The van der Waals surface area contributed by atoms with Gasteiger partial charge in [0.05, 0.1) is 18.1 Å². The molecule has 4 N–H and O–H groups in total. The van der Waals surface area contributed by atoms with Crippen molar-refractivity contribution >= 4 is 17.5 Å². The van der Waals surface area contributed by atoms with Gasteiger partial charge in [-0.25, -0.2) is 4.98 Å². The van der Waals surface area contributed by atoms with Gasteiger partial charge in [-0.3, -0.25) is 26.1 Å². The zero-order valence-corrected chi connectivity index (χ0v) is 12.2. The van der Waals surface area contributed by atoms with E-state index in [1.165, 1.54) is 6.20 Å². The van der Waals surface area contributed by atoms with Gasteiger partial charge in [0.1, 0.15) is 11.4 Å². The summed E-state index contributed by atoms with van der Waals surface area (Å²) in [5.74, 6) is 0.378. The van der Waals surface area contributed by atoms with Crippen LogP contribution < -0.4 is 10.8 Å². The van der Waals surface area contributed by atoms with Crippen LogP contribution >= 0.6 is 0 Å². The van der Waals surface area contributed by atoms with Crippen molar-refractivity contribution in [3.05, 3.63) is 54.1 Å². The first-order valence-corrected chi connectivity index (χ1v) is 6.76. The Morgan fingerprint density at radius 2 is 1.96 bits per heavy atom. The van der Waals surface area contributed by atoms with Crippen molar-refractivity contribution in [2.45, 2.75) is 6.92 Å². The number of hydrogen-bond acceptors (Lipinski definition) is 7. The average Bonchev–Trinajstić information content (AvgIpc) is 3.04. The minimum atomic E-state index is -0.180. The number of amidine groups is 1. The van der Waals surface area contributed by atoms with Crippen LogP contribution in [0.3, 0.4) is 0 Å². The van der Waals surface area contributed by atoms with Gasteiger partial charge in [-0.15, -0.1) is 0 Å². The van der Waals surface area contributed by atoms with Crippen molar-refractivity contribution in [3.63, 3.8) is 0 Å². The van der Waals surface area contributed by atoms with E-state index in [1.807, 2.05) is 19.1 Å². The Morgan fingerprint density at radius 1 is 1.09 bits per heavy atom. The Hall–Kier alpha value is -3.26. The first kappa shape index (κ1) is 14.7. The van der Waals surface area contributed by atoms with E-state index in [0.717, 1.165) is 5.56 Å². The van der Waals surface area contributed by atoms with Gasteiger partial charge in [0.25, 0.3) is 6.01 Å². The van der Waals surface area contributed by atoms with Crippen LogP contribution in [-0.4, -0.2) is 26.0 Å². The van der Waals surface area contributed by atoms with Gasteiger partial charge in [-0.1, -0.05) is 6.07 Å². The maximum Gasteiger partial charge on any atom is 0.299 e. The van der Waals surface area contributed by atoms with Crippen molar-refractivity contribution in [1.82, 2.24) is 20.4 Å². The highest BCUT2D eigenvalue weighted by atomic mass is 16.5. The number of pyridine rings is 2. The number of oxazole rings is 1. The SMILES string of the molecule is Cc1ccc(-c2cnc(Nc3ccc(C(=N)NO)nc3)o2)nc1. The van der Waals surface area contributed by atoms with Crippen molar-refractivity contribution < 1.29 is 9.62 Å². The molecule has 23 heavy (non-hydrogen) atoms. The molecule has 0 aliphatic rings. The standard InChI is InChI=1S/C15H14N6O2/c1-9-2-4-11(17-6-9)13-8-19-15(23-13)20-10-3-5-12(18-7-10)14(16)21-22/h2-8,22H,1H3,(H2,16,21)(H,19,20). The largest absolute Gasteiger partial charge is 0.422 e. The predicted octanol–water partition coefficient (Wildman–Crippen LogP) is 2.49. The van der Waals surface area contributed by atoms with E-state index in [4.69, 9.17) is 15.0 Å². The third-order valence-electron chi connectivity index (χ3n) is 3.05. The van der Waals surface area contributed by atoms with Gasteiger partial charge < -0.3 is 9.73 Å². The van der Waals surface area contributed by atoms with Crippen LogP contribution in [0.2, 0.25) is 0 Å². The molecule has 8 heteroatoms. The highest BCUT2D eigenvalue weighted by molar-refractivity contribution is 5.93. The van der Waals surface area contributed by atoms with Crippen LogP contribution in [0.1, 0.15) is 11.3 Å². The van der Waals surface area contributed by atoms with Crippen LogP contribution in [-0.2, 0) is 0 Å². The maximum atomic E-state index is 8.66. The zero-order valence-electron chi connectivity index (χ0n) is 12.2. The molecule has 0 aromatic carbocycles.